The predicted molar refractivity (Wildman–Crippen MR) is 106 cm³/mol. The molecule has 1 aliphatic heterocycles. The maximum Gasteiger partial charge on any atom is 0.237 e. The van der Waals surface area contributed by atoms with Crippen LogP contribution in [0.5, 0.6) is 0 Å². The zero-order valence-electron chi connectivity index (χ0n) is 16.3. The fraction of sp³-hybridized carbons (Fsp3) is 0.429. The van der Waals surface area contributed by atoms with Gasteiger partial charge in [0.1, 0.15) is 0 Å². The Bertz CT molecular complexity index is 760. The Labute approximate surface area is 169 Å². The molecule has 158 valence electrons. The summed E-state index contributed by atoms with van der Waals surface area (Å²) in [6.07, 6.45) is 3.58. The van der Waals surface area contributed by atoms with E-state index in [1.165, 1.54) is 6.07 Å². The average Bonchev–Trinajstić information content (AvgIpc) is 2.66. The number of piperazine rings is 1. The standard InChI is InChI=1S/C21H27F2N3O3/c1-3-7-21(29,8-4-2)14-25-19(27)12-18-20(28)24-9-10-26(18)13-15-5-6-16(22)17(23)11-15/h3-6,11,18,29H,1-2,7-10,12-14H2,(H,24,28)(H,25,27)/t18-/m1/s1. The Hall–Kier alpha value is -2.58. The highest BCUT2D eigenvalue weighted by molar-refractivity contribution is 5.88. The van der Waals surface area contributed by atoms with Gasteiger partial charge in [0.15, 0.2) is 11.6 Å². The van der Waals surface area contributed by atoms with Crippen molar-refractivity contribution in [2.75, 3.05) is 19.6 Å². The summed E-state index contributed by atoms with van der Waals surface area (Å²) in [6.45, 7) is 8.29. The van der Waals surface area contributed by atoms with Gasteiger partial charge in [-0.2, -0.15) is 0 Å². The van der Waals surface area contributed by atoms with E-state index >= 15 is 0 Å². The molecule has 0 spiro atoms. The van der Waals surface area contributed by atoms with Crippen molar-refractivity contribution in [3.63, 3.8) is 0 Å². The van der Waals surface area contributed by atoms with E-state index in [9.17, 15) is 23.5 Å². The second-order valence-electron chi connectivity index (χ2n) is 7.22. The monoisotopic (exact) mass is 407 g/mol. The van der Waals surface area contributed by atoms with Crippen LogP contribution in [0.25, 0.3) is 0 Å². The molecule has 1 aromatic rings. The lowest BCUT2D eigenvalue weighted by molar-refractivity contribution is -0.134. The minimum Gasteiger partial charge on any atom is -0.387 e. The van der Waals surface area contributed by atoms with Crippen molar-refractivity contribution in [1.82, 2.24) is 15.5 Å². The van der Waals surface area contributed by atoms with E-state index in [-0.39, 0.29) is 38.3 Å². The van der Waals surface area contributed by atoms with Crippen LogP contribution in [0.15, 0.2) is 43.5 Å². The zero-order valence-corrected chi connectivity index (χ0v) is 16.3. The van der Waals surface area contributed by atoms with E-state index in [2.05, 4.69) is 23.8 Å². The molecule has 0 bridgehead atoms. The number of nitrogens with zero attached hydrogens (tertiary/aromatic N) is 1. The molecule has 2 rings (SSSR count). The molecule has 0 radical (unpaired) electrons. The quantitative estimate of drug-likeness (QED) is 0.515. The lowest BCUT2D eigenvalue weighted by atomic mass is 9.95. The molecule has 3 N–H and O–H groups in total. The summed E-state index contributed by atoms with van der Waals surface area (Å²) in [5.41, 5.74) is -0.672. The van der Waals surface area contributed by atoms with E-state index in [4.69, 9.17) is 0 Å². The summed E-state index contributed by atoms with van der Waals surface area (Å²) in [7, 11) is 0. The number of hydrogen-bond donors (Lipinski definition) is 3. The molecule has 0 aromatic heterocycles. The smallest absolute Gasteiger partial charge is 0.237 e. The van der Waals surface area contributed by atoms with Gasteiger partial charge in [-0.1, -0.05) is 18.2 Å². The Morgan fingerprint density at radius 2 is 2.00 bits per heavy atom. The molecular formula is C21H27F2N3O3. The molecule has 1 heterocycles. The minimum atomic E-state index is -1.18. The van der Waals surface area contributed by atoms with Gasteiger partial charge in [-0.3, -0.25) is 14.5 Å². The normalized spacial score (nSPS) is 17.5. The summed E-state index contributed by atoms with van der Waals surface area (Å²) >= 11 is 0. The first-order valence-electron chi connectivity index (χ1n) is 9.44. The van der Waals surface area contributed by atoms with Gasteiger partial charge in [0, 0.05) is 26.2 Å². The molecule has 0 unspecified atom stereocenters. The van der Waals surface area contributed by atoms with Crippen molar-refractivity contribution >= 4 is 11.8 Å². The van der Waals surface area contributed by atoms with E-state index in [1.54, 1.807) is 17.1 Å². The maximum absolute atomic E-state index is 13.5. The highest BCUT2D eigenvalue weighted by Crippen LogP contribution is 2.18. The van der Waals surface area contributed by atoms with Crippen LogP contribution in [0.3, 0.4) is 0 Å². The summed E-state index contributed by atoms with van der Waals surface area (Å²) in [5, 5.41) is 15.9. The Morgan fingerprint density at radius 3 is 2.62 bits per heavy atom. The third kappa shape index (κ3) is 6.47. The molecule has 1 aromatic carbocycles. The van der Waals surface area contributed by atoms with E-state index in [0.29, 0.717) is 18.7 Å². The van der Waals surface area contributed by atoms with Crippen LogP contribution in [-0.2, 0) is 16.1 Å². The van der Waals surface area contributed by atoms with Crippen LogP contribution < -0.4 is 10.6 Å². The fourth-order valence-electron chi connectivity index (χ4n) is 3.32. The molecule has 0 aliphatic carbocycles. The predicted octanol–water partition coefficient (Wildman–Crippen LogP) is 1.65. The zero-order chi connectivity index (χ0) is 21.4. The molecule has 8 heteroatoms. The van der Waals surface area contributed by atoms with Crippen LogP contribution >= 0.6 is 0 Å². The number of hydrogen-bond acceptors (Lipinski definition) is 4. The first-order chi connectivity index (χ1) is 13.8. The van der Waals surface area contributed by atoms with Crippen molar-refractivity contribution in [1.29, 1.82) is 0 Å². The molecule has 1 saturated heterocycles. The number of halogens is 2. The molecule has 1 aliphatic rings. The third-order valence-corrected chi connectivity index (χ3v) is 4.85. The third-order valence-electron chi connectivity index (χ3n) is 4.85. The van der Waals surface area contributed by atoms with Crippen molar-refractivity contribution in [2.45, 2.75) is 37.5 Å². The van der Waals surface area contributed by atoms with Crippen molar-refractivity contribution in [3.05, 3.63) is 60.7 Å². The van der Waals surface area contributed by atoms with E-state index in [1.807, 2.05) is 0 Å². The molecule has 0 saturated carbocycles. The van der Waals surface area contributed by atoms with Gasteiger partial charge in [0.05, 0.1) is 18.1 Å². The highest BCUT2D eigenvalue weighted by atomic mass is 19.2. The van der Waals surface area contributed by atoms with Gasteiger partial charge in [0.2, 0.25) is 11.8 Å². The van der Waals surface area contributed by atoms with Crippen molar-refractivity contribution in [3.8, 4) is 0 Å². The summed E-state index contributed by atoms with van der Waals surface area (Å²) in [6, 6.07) is 2.83. The number of rotatable bonds is 10. The number of benzene rings is 1. The van der Waals surface area contributed by atoms with Gasteiger partial charge in [-0.15, -0.1) is 13.2 Å². The van der Waals surface area contributed by atoms with Crippen molar-refractivity contribution < 1.29 is 23.5 Å². The largest absolute Gasteiger partial charge is 0.387 e. The number of carbonyl (C=O) groups is 2. The Balaban J connectivity index is 2.01. The first kappa shape index (κ1) is 22.7. The number of aliphatic hydroxyl groups is 1. The minimum absolute atomic E-state index is 0.00137. The molecule has 1 atom stereocenters. The SMILES string of the molecule is C=CCC(O)(CC=C)CNC(=O)C[C@@H]1C(=O)NCCN1Cc1ccc(F)c(F)c1. The number of amides is 2. The average molecular weight is 407 g/mol. The molecule has 29 heavy (non-hydrogen) atoms. The van der Waals surface area contributed by atoms with Crippen LogP contribution in [-0.4, -0.2) is 53.1 Å². The van der Waals surface area contributed by atoms with Gasteiger partial charge in [-0.25, -0.2) is 8.78 Å². The van der Waals surface area contributed by atoms with Crippen molar-refractivity contribution in [2.24, 2.45) is 0 Å². The second kappa shape index (κ2) is 10.3. The van der Waals surface area contributed by atoms with Crippen LogP contribution in [0, 0.1) is 11.6 Å². The summed E-state index contributed by atoms with van der Waals surface area (Å²) in [5.74, 6) is -2.59. The lowest BCUT2D eigenvalue weighted by Crippen LogP contribution is -2.56. The van der Waals surface area contributed by atoms with Crippen LogP contribution in [0.2, 0.25) is 0 Å². The maximum atomic E-state index is 13.5. The Morgan fingerprint density at radius 1 is 1.31 bits per heavy atom. The van der Waals surface area contributed by atoms with Crippen LogP contribution in [0.4, 0.5) is 8.78 Å². The number of carbonyl (C=O) groups excluding carboxylic acids is 2. The number of nitrogens with one attached hydrogen (secondary N) is 2. The Kier molecular flexibility index (Phi) is 8.04. The first-order valence-corrected chi connectivity index (χ1v) is 9.44. The lowest BCUT2D eigenvalue weighted by Gasteiger charge is -2.35. The van der Waals surface area contributed by atoms with E-state index < -0.39 is 29.2 Å². The molecule has 2 amide bonds. The topological polar surface area (TPSA) is 81.7 Å². The van der Waals surface area contributed by atoms with Gasteiger partial charge in [0.25, 0.3) is 0 Å². The molecule has 1 fully saturated rings. The van der Waals surface area contributed by atoms with Gasteiger partial charge >= 0.3 is 0 Å². The van der Waals surface area contributed by atoms with Gasteiger partial charge < -0.3 is 15.7 Å². The molecule has 6 nitrogen and oxygen atoms in total. The highest BCUT2D eigenvalue weighted by Gasteiger charge is 2.32. The second-order valence-corrected chi connectivity index (χ2v) is 7.22. The summed E-state index contributed by atoms with van der Waals surface area (Å²) < 4.78 is 26.6. The fourth-order valence-corrected chi connectivity index (χ4v) is 3.32. The summed E-state index contributed by atoms with van der Waals surface area (Å²) in [4.78, 5) is 26.5. The van der Waals surface area contributed by atoms with Gasteiger partial charge in [-0.05, 0) is 30.5 Å². The molecular weight excluding hydrogens is 380 g/mol. The van der Waals surface area contributed by atoms with Crippen LogP contribution in [0.1, 0.15) is 24.8 Å². The van der Waals surface area contributed by atoms with E-state index in [0.717, 1.165) is 12.1 Å².